The normalized spacial score (nSPS) is 21.1. The van der Waals surface area contributed by atoms with E-state index in [1.54, 1.807) is 0 Å². The Bertz CT molecular complexity index is 255. The summed E-state index contributed by atoms with van der Waals surface area (Å²) < 4.78 is 0. The maximum Gasteiger partial charge on any atom is 0.237 e. The molecule has 0 spiro atoms. The summed E-state index contributed by atoms with van der Waals surface area (Å²) in [4.78, 5) is 14.1. The Labute approximate surface area is 105 Å². The van der Waals surface area contributed by atoms with Gasteiger partial charge in [-0.05, 0) is 39.2 Å². The van der Waals surface area contributed by atoms with Gasteiger partial charge in [0.05, 0.1) is 0 Å². The summed E-state index contributed by atoms with van der Waals surface area (Å²) >= 11 is 0. The third kappa shape index (κ3) is 3.68. The van der Waals surface area contributed by atoms with Crippen LogP contribution < -0.4 is 11.1 Å². The number of likely N-dealkylation sites (tertiary alicyclic amines) is 1. The number of piperidine rings is 1. The molecule has 1 saturated heterocycles. The molecular weight excluding hydrogens is 214 g/mol. The highest BCUT2D eigenvalue weighted by Gasteiger charge is 2.39. The molecule has 100 valence electrons. The van der Waals surface area contributed by atoms with E-state index in [1.807, 2.05) is 0 Å². The van der Waals surface area contributed by atoms with Gasteiger partial charge in [-0.2, -0.15) is 0 Å². The molecule has 0 aliphatic carbocycles. The lowest BCUT2D eigenvalue weighted by molar-refractivity contribution is -0.126. The van der Waals surface area contributed by atoms with Gasteiger partial charge in [-0.1, -0.05) is 13.8 Å². The van der Waals surface area contributed by atoms with Gasteiger partial charge in [0.15, 0.2) is 0 Å². The zero-order chi connectivity index (χ0) is 13.1. The molecule has 0 aromatic heterocycles. The molecule has 4 nitrogen and oxygen atoms in total. The van der Waals surface area contributed by atoms with Crippen LogP contribution in [-0.2, 0) is 4.79 Å². The quantitative estimate of drug-likeness (QED) is 0.754. The average Bonchev–Trinajstić information content (AvgIpc) is 2.26. The van der Waals surface area contributed by atoms with Gasteiger partial charge in [0.1, 0.15) is 5.54 Å². The molecular formula is C13H27N3O. The number of nitrogens with one attached hydrogen (secondary N) is 1. The number of amides is 1. The van der Waals surface area contributed by atoms with Crippen LogP contribution in [0.1, 0.15) is 40.5 Å². The minimum Gasteiger partial charge on any atom is -0.368 e. The number of nitrogens with zero attached hydrogens (tertiary/aromatic N) is 1. The number of primary amides is 1. The van der Waals surface area contributed by atoms with Gasteiger partial charge in [-0.3, -0.25) is 4.79 Å². The summed E-state index contributed by atoms with van der Waals surface area (Å²) in [6, 6.07) is 0.547. The van der Waals surface area contributed by atoms with Crippen molar-refractivity contribution in [2.24, 2.45) is 11.7 Å². The first-order valence-corrected chi connectivity index (χ1v) is 6.66. The van der Waals surface area contributed by atoms with E-state index in [-0.39, 0.29) is 5.91 Å². The maximum atomic E-state index is 11.7. The molecule has 0 radical (unpaired) electrons. The smallest absolute Gasteiger partial charge is 0.237 e. The van der Waals surface area contributed by atoms with Crippen LogP contribution in [0.5, 0.6) is 0 Å². The highest BCUT2D eigenvalue weighted by molar-refractivity contribution is 5.84. The van der Waals surface area contributed by atoms with Gasteiger partial charge in [-0.25, -0.2) is 0 Å². The first kappa shape index (κ1) is 14.5. The summed E-state index contributed by atoms with van der Waals surface area (Å²) in [5.74, 6) is 0.343. The van der Waals surface area contributed by atoms with Crippen molar-refractivity contribution in [1.29, 1.82) is 0 Å². The van der Waals surface area contributed by atoms with E-state index < -0.39 is 5.54 Å². The Kier molecular flexibility index (Phi) is 4.95. The standard InChI is InChI=1S/C13H27N3O/c1-10(2)9-15-13(12(14)17)5-7-16(8-6-13)11(3)4/h10-11,15H,5-9H2,1-4H3,(H2,14,17). The average molecular weight is 241 g/mol. The van der Waals surface area contributed by atoms with Crippen molar-refractivity contribution in [2.75, 3.05) is 19.6 Å². The Morgan fingerprint density at radius 2 is 1.82 bits per heavy atom. The highest BCUT2D eigenvalue weighted by atomic mass is 16.1. The van der Waals surface area contributed by atoms with E-state index >= 15 is 0 Å². The lowest BCUT2D eigenvalue weighted by Gasteiger charge is -2.42. The first-order valence-electron chi connectivity index (χ1n) is 6.66. The van der Waals surface area contributed by atoms with Crippen LogP contribution in [0.3, 0.4) is 0 Å². The molecule has 1 aliphatic rings. The van der Waals surface area contributed by atoms with Crippen molar-refractivity contribution in [2.45, 2.75) is 52.1 Å². The predicted molar refractivity (Wildman–Crippen MR) is 70.7 cm³/mol. The van der Waals surface area contributed by atoms with Crippen molar-refractivity contribution in [3.8, 4) is 0 Å². The minimum absolute atomic E-state index is 0.193. The molecule has 1 rings (SSSR count). The van der Waals surface area contributed by atoms with Gasteiger partial charge in [0.2, 0.25) is 5.91 Å². The molecule has 1 heterocycles. The van der Waals surface area contributed by atoms with Gasteiger partial charge >= 0.3 is 0 Å². The van der Waals surface area contributed by atoms with E-state index in [0.29, 0.717) is 12.0 Å². The fourth-order valence-corrected chi connectivity index (χ4v) is 2.33. The van der Waals surface area contributed by atoms with Crippen LogP contribution in [0.15, 0.2) is 0 Å². The Hall–Kier alpha value is -0.610. The highest BCUT2D eigenvalue weighted by Crippen LogP contribution is 2.23. The number of hydrogen-bond donors (Lipinski definition) is 2. The second kappa shape index (κ2) is 5.83. The number of carbonyl (C=O) groups excluding carboxylic acids is 1. The van der Waals surface area contributed by atoms with Crippen LogP contribution in [0.4, 0.5) is 0 Å². The molecule has 0 aromatic carbocycles. The Morgan fingerprint density at radius 3 is 2.18 bits per heavy atom. The molecule has 17 heavy (non-hydrogen) atoms. The van der Waals surface area contributed by atoms with Gasteiger partial charge in [0.25, 0.3) is 0 Å². The van der Waals surface area contributed by atoms with Crippen LogP contribution in [0.25, 0.3) is 0 Å². The van der Waals surface area contributed by atoms with Crippen LogP contribution in [-0.4, -0.2) is 42.0 Å². The SMILES string of the molecule is CC(C)CNC1(C(N)=O)CCN(C(C)C)CC1. The zero-order valence-corrected chi connectivity index (χ0v) is 11.6. The molecule has 0 unspecified atom stereocenters. The number of hydrogen-bond acceptors (Lipinski definition) is 3. The molecule has 1 amide bonds. The maximum absolute atomic E-state index is 11.7. The van der Waals surface area contributed by atoms with Gasteiger partial charge < -0.3 is 16.0 Å². The van der Waals surface area contributed by atoms with E-state index in [2.05, 4.69) is 37.9 Å². The predicted octanol–water partition coefficient (Wildman–Crippen LogP) is 0.960. The fourth-order valence-electron chi connectivity index (χ4n) is 2.33. The summed E-state index contributed by atoms with van der Waals surface area (Å²) in [5, 5.41) is 3.39. The van der Waals surface area contributed by atoms with Crippen LogP contribution in [0, 0.1) is 5.92 Å². The fraction of sp³-hybridized carbons (Fsp3) is 0.923. The topological polar surface area (TPSA) is 58.4 Å². The first-order chi connectivity index (χ1) is 7.87. The number of nitrogens with two attached hydrogens (primary N) is 1. The van der Waals surface area contributed by atoms with Crippen LogP contribution >= 0.6 is 0 Å². The lowest BCUT2D eigenvalue weighted by atomic mass is 9.85. The molecule has 0 aromatic rings. The Morgan fingerprint density at radius 1 is 1.29 bits per heavy atom. The third-order valence-corrected chi connectivity index (χ3v) is 3.70. The molecule has 3 N–H and O–H groups in total. The van der Waals surface area contributed by atoms with E-state index in [1.165, 1.54) is 0 Å². The van der Waals surface area contributed by atoms with Crippen LogP contribution in [0.2, 0.25) is 0 Å². The molecule has 0 bridgehead atoms. The summed E-state index contributed by atoms with van der Waals surface area (Å²) in [6.07, 6.45) is 1.65. The monoisotopic (exact) mass is 241 g/mol. The molecule has 4 heteroatoms. The molecule has 0 atom stereocenters. The third-order valence-electron chi connectivity index (χ3n) is 3.70. The molecule has 0 saturated carbocycles. The van der Waals surface area contributed by atoms with Crippen molar-refractivity contribution in [1.82, 2.24) is 10.2 Å². The van der Waals surface area contributed by atoms with Gasteiger partial charge in [0, 0.05) is 19.1 Å². The van der Waals surface area contributed by atoms with Crippen molar-refractivity contribution >= 4 is 5.91 Å². The Balaban J connectivity index is 2.60. The van der Waals surface area contributed by atoms with E-state index in [9.17, 15) is 4.79 Å². The second-order valence-electron chi connectivity index (χ2n) is 5.85. The number of rotatable bonds is 5. The minimum atomic E-state index is -0.477. The largest absolute Gasteiger partial charge is 0.368 e. The van der Waals surface area contributed by atoms with E-state index in [0.717, 1.165) is 32.5 Å². The van der Waals surface area contributed by atoms with Crippen molar-refractivity contribution in [3.63, 3.8) is 0 Å². The number of carbonyl (C=O) groups is 1. The summed E-state index contributed by atoms with van der Waals surface area (Å²) in [6.45, 7) is 11.4. The van der Waals surface area contributed by atoms with Crippen molar-refractivity contribution < 1.29 is 4.79 Å². The second-order valence-corrected chi connectivity index (χ2v) is 5.85. The van der Waals surface area contributed by atoms with E-state index in [4.69, 9.17) is 5.73 Å². The van der Waals surface area contributed by atoms with Crippen molar-refractivity contribution in [3.05, 3.63) is 0 Å². The zero-order valence-electron chi connectivity index (χ0n) is 11.6. The van der Waals surface area contributed by atoms with Gasteiger partial charge in [-0.15, -0.1) is 0 Å². The summed E-state index contributed by atoms with van der Waals surface area (Å²) in [7, 11) is 0. The molecule has 1 aliphatic heterocycles. The summed E-state index contributed by atoms with van der Waals surface area (Å²) in [5.41, 5.74) is 5.11. The molecule has 1 fully saturated rings. The lowest BCUT2D eigenvalue weighted by Crippen LogP contribution is -2.62.